The lowest BCUT2D eigenvalue weighted by atomic mass is 10.2. The van der Waals surface area contributed by atoms with Crippen LogP contribution in [0.15, 0.2) is 73.1 Å². The van der Waals surface area contributed by atoms with Gasteiger partial charge in [0.15, 0.2) is 0 Å². The monoisotopic (exact) mass is 389 g/mol. The van der Waals surface area contributed by atoms with Crippen molar-refractivity contribution in [3.05, 3.63) is 84.3 Å². The van der Waals surface area contributed by atoms with Crippen LogP contribution in [0.1, 0.15) is 25.2 Å². The van der Waals surface area contributed by atoms with Gasteiger partial charge in [-0.15, -0.1) is 0 Å². The topological polar surface area (TPSA) is 61.4 Å². The molecule has 0 bridgehead atoms. The molecule has 0 unspecified atom stereocenters. The minimum absolute atomic E-state index is 0.246. The van der Waals surface area contributed by atoms with Crippen LogP contribution in [0.2, 0.25) is 0 Å². The Hall–Kier alpha value is -3.25. The van der Waals surface area contributed by atoms with Crippen LogP contribution in [0.25, 0.3) is 0 Å². The molecular weight excluding hydrogens is 362 g/mol. The highest BCUT2D eigenvalue weighted by Crippen LogP contribution is 2.17. The molecule has 1 aliphatic rings. The number of benzene rings is 1. The molecule has 0 saturated carbocycles. The number of nitrogens with zero attached hydrogens (tertiary/aromatic N) is 4. The molecule has 29 heavy (non-hydrogen) atoms. The first kappa shape index (κ1) is 16.7. The lowest BCUT2D eigenvalue weighted by Crippen LogP contribution is -2.31. The summed E-state index contributed by atoms with van der Waals surface area (Å²) in [5, 5.41) is 2.79. The van der Waals surface area contributed by atoms with E-state index in [9.17, 15) is 4.79 Å². The third-order valence-corrected chi connectivity index (χ3v) is 4.80. The Morgan fingerprint density at radius 3 is 2.66 bits per heavy atom. The maximum absolute atomic E-state index is 12.6. The summed E-state index contributed by atoms with van der Waals surface area (Å²) in [6, 6.07) is 18.8. The van der Waals surface area contributed by atoms with Crippen LogP contribution in [0.5, 0.6) is 0 Å². The minimum Gasteiger partial charge on any atom is -0.355 e. The van der Waals surface area contributed by atoms with E-state index < -0.39 is 6.50 Å². The van der Waals surface area contributed by atoms with Gasteiger partial charge in [-0.1, -0.05) is 36.4 Å². The van der Waals surface area contributed by atoms with Gasteiger partial charge in [0.1, 0.15) is 11.5 Å². The van der Waals surface area contributed by atoms with Gasteiger partial charge in [0.05, 0.1) is 0 Å². The molecule has 1 aliphatic heterocycles. The Bertz CT molecular complexity index is 1020. The van der Waals surface area contributed by atoms with Gasteiger partial charge in [-0.05, 0) is 36.2 Å². The second-order valence-corrected chi connectivity index (χ2v) is 6.89. The molecule has 0 spiro atoms. The Morgan fingerprint density at radius 2 is 1.83 bits per heavy atom. The average molecular weight is 389 g/mol. The van der Waals surface area contributed by atoms with Crippen LogP contribution in [-0.2, 0) is 6.54 Å². The summed E-state index contributed by atoms with van der Waals surface area (Å²) in [5.41, 5.74) is 2.09. The van der Waals surface area contributed by atoms with E-state index in [0.29, 0.717) is 37.6 Å². The first-order chi connectivity index (χ1) is 15.0. The normalized spacial score (nSPS) is 17.7. The molecule has 1 fully saturated rings. The fourth-order valence-corrected chi connectivity index (χ4v) is 3.30. The SMILES string of the molecule is [2H]C1([2H])CCN(Cc2ccccc2)CCN1c1cccc(C(=O)Nc2ccncc2)n1. The van der Waals surface area contributed by atoms with Crippen LogP contribution in [0.3, 0.4) is 0 Å². The van der Waals surface area contributed by atoms with Gasteiger partial charge >= 0.3 is 0 Å². The number of carbonyl (C=O) groups is 1. The zero-order valence-corrected chi connectivity index (χ0v) is 16.2. The highest BCUT2D eigenvalue weighted by molar-refractivity contribution is 6.03. The van der Waals surface area contributed by atoms with Crippen molar-refractivity contribution < 1.29 is 7.54 Å². The zero-order chi connectivity index (χ0) is 21.7. The van der Waals surface area contributed by atoms with Crippen LogP contribution in [0, 0.1) is 0 Å². The predicted octanol–water partition coefficient (Wildman–Crippen LogP) is 3.44. The van der Waals surface area contributed by atoms with E-state index in [0.717, 1.165) is 6.54 Å². The minimum atomic E-state index is -1.56. The van der Waals surface area contributed by atoms with Gasteiger partial charge in [-0.25, -0.2) is 4.98 Å². The quantitative estimate of drug-likeness (QED) is 0.724. The van der Waals surface area contributed by atoms with E-state index in [1.54, 1.807) is 47.6 Å². The molecule has 1 amide bonds. The second kappa shape index (κ2) is 9.30. The number of carbonyl (C=O) groups excluding carboxylic acids is 1. The molecule has 1 aromatic carbocycles. The molecule has 2 aromatic heterocycles. The van der Waals surface area contributed by atoms with Gasteiger partial charge in [0.2, 0.25) is 0 Å². The number of aromatic nitrogens is 2. The standard InChI is InChI=1S/C23H25N5O/c29-23(25-20-10-12-24-13-11-20)21-8-4-9-22(26-21)28-15-5-14-27(16-17-28)18-19-6-2-1-3-7-19/h1-4,6-13H,5,14-18H2,(H,24,25,29)/i15D2. The van der Waals surface area contributed by atoms with Crippen molar-refractivity contribution in [2.75, 3.05) is 36.3 Å². The fraction of sp³-hybridized carbons (Fsp3) is 0.261. The molecule has 4 rings (SSSR count). The van der Waals surface area contributed by atoms with Crippen molar-refractivity contribution in [1.29, 1.82) is 0 Å². The Labute approximate surface area is 174 Å². The molecule has 0 radical (unpaired) electrons. The van der Waals surface area contributed by atoms with Crippen molar-refractivity contribution >= 4 is 17.4 Å². The van der Waals surface area contributed by atoms with Gasteiger partial charge in [-0.2, -0.15) is 0 Å². The van der Waals surface area contributed by atoms with E-state index in [-0.39, 0.29) is 11.6 Å². The summed E-state index contributed by atoms with van der Waals surface area (Å²) < 4.78 is 17.2. The molecule has 0 aliphatic carbocycles. The fourth-order valence-electron chi connectivity index (χ4n) is 3.30. The van der Waals surface area contributed by atoms with E-state index in [1.807, 2.05) is 18.2 Å². The van der Waals surface area contributed by atoms with E-state index in [2.05, 4.69) is 32.3 Å². The number of nitrogens with one attached hydrogen (secondary N) is 1. The van der Waals surface area contributed by atoms with Gasteiger partial charge < -0.3 is 10.2 Å². The maximum atomic E-state index is 12.6. The van der Waals surface area contributed by atoms with Crippen LogP contribution in [0.4, 0.5) is 11.5 Å². The highest BCUT2D eigenvalue weighted by atomic mass is 16.1. The summed E-state index contributed by atoms with van der Waals surface area (Å²) in [7, 11) is 0. The summed E-state index contributed by atoms with van der Waals surface area (Å²) in [6.07, 6.45) is 3.56. The first-order valence-corrected chi connectivity index (χ1v) is 9.74. The van der Waals surface area contributed by atoms with Crippen molar-refractivity contribution in [2.45, 2.75) is 13.0 Å². The molecule has 0 atom stereocenters. The Morgan fingerprint density at radius 1 is 1.00 bits per heavy atom. The van der Waals surface area contributed by atoms with Crippen molar-refractivity contribution in [1.82, 2.24) is 14.9 Å². The predicted molar refractivity (Wildman–Crippen MR) is 115 cm³/mol. The number of hydrogen-bond acceptors (Lipinski definition) is 5. The number of amides is 1. The van der Waals surface area contributed by atoms with Crippen molar-refractivity contribution in [3.63, 3.8) is 0 Å². The van der Waals surface area contributed by atoms with E-state index in [1.165, 1.54) is 5.56 Å². The third-order valence-electron chi connectivity index (χ3n) is 4.80. The van der Waals surface area contributed by atoms with Crippen molar-refractivity contribution in [2.24, 2.45) is 0 Å². The zero-order valence-electron chi connectivity index (χ0n) is 18.2. The molecule has 148 valence electrons. The average Bonchev–Trinajstić information content (AvgIpc) is 2.93. The highest BCUT2D eigenvalue weighted by Gasteiger charge is 2.17. The smallest absolute Gasteiger partial charge is 0.274 e. The maximum Gasteiger partial charge on any atom is 0.274 e. The molecular formula is C23H25N5O. The van der Waals surface area contributed by atoms with Gasteiger partial charge in [0.25, 0.3) is 5.91 Å². The van der Waals surface area contributed by atoms with Crippen LogP contribution >= 0.6 is 0 Å². The Balaban J connectivity index is 1.48. The molecule has 3 heterocycles. The molecule has 1 saturated heterocycles. The van der Waals surface area contributed by atoms with Gasteiger partial charge in [-0.3, -0.25) is 14.7 Å². The molecule has 6 nitrogen and oxygen atoms in total. The summed E-state index contributed by atoms with van der Waals surface area (Å²) in [4.78, 5) is 25.0. The summed E-state index contributed by atoms with van der Waals surface area (Å²) in [6.45, 7) is 1.08. The van der Waals surface area contributed by atoms with Crippen LogP contribution in [-0.4, -0.2) is 46.9 Å². The number of hydrogen-bond donors (Lipinski definition) is 1. The first-order valence-electron chi connectivity index (χ1n) is 10.7. The lowest BCUT2D eigenvalue weighted by Gasteiger charge is -2.23. The summed E-state index contributed by atoms with van der Waals surface area (Å²) in [5.74, 6) is 0.128. The summed E-state index contributed by atoms with van der Waals surface area (Å²) >= 11 is 0. The third kappa shape index (κ3) is 5.18. The molecule has 1 N–H and O–H groups in total. The Kier molecular flexibility index (Phi) is 5.35. The lowest BCUT2D eigenvalue weighted by molar-refractivity contribution is 0.102. The van der Waals surface area contributed by atoms with E-state index in [4.69, 9.17) is 2.74 Å². The number of anilines is 2. The van der Waals surface area contributed by atoms with Crippen LogP contribution < -0.4 is 10.2 Å². The molecule has 6 heteroatoms. The van der Waals surface area contributed by atoms with E-state index >= 15 is 0 Å². The van der Waals surface area contributed by atoms with Crippen molar-refractivity contribution in [3.8, 4) is 0 Å². The second-order valence-electron chi connectivity index (χ2n) is 6.89. The molecule has 3 aromatic rings. The number of pyridine rings is 2. The van der Waals surface area contributed by atoms with Gasteiger partial charge in [0, 0.05) is 53.5 Å². The number of rotatable bonds is 5. The largest absolute Gasteiger partial charge is 0.355 e.